The molecule has 7 nitrogen and oxygen atoms in total. The van der Waals surface area contributed by atoms with E-state index in [4.69, 9.17) is 21.5 Å². The van der Waals surface area contributed by atoms with Crippen LogP contribution in [0.1, 0.15) is 35.7 Å². The van der Waals surface area contributed by atoms with Gasteiger partial charge in [-0.05, 0) is 48.7 Å². The van der Waals surface area contributed by atoms with Crippen LogP contribution in [0.2, 0.25) is 5.02 Å². The number of sulfonamides is 1. The second-order valence-electron chi connectivity index (χ2n) is 6.11. The lowest BCUT2D eigenvalue weighted by Gasteiger charge is -2.09. The molecule has 2 aromatic rings. The van der Waals surface area contributed by atoms with Crippen LogP contribution in [0.4, 0.5) is 5.69 Å². The average molecular weight is 425 g/mol. The molecule has 0 saturated carbocycles. The van der Waals surface area contributed by atoms with Crippen molar-refractivity contribution in [2.75, 3.05) is 11.9 Å². The fourth-order valence-electron chi connectivity index (χ4n) is 2.40. The van der Waals surface area contributed by atoms with Gasteiger partial charge in [-0.2, -0.15) is 0 Å². The second-order valence-corrected chi connectivity index (χ2v) is 8.05. The molecule has 150 valence electrons. The summed E-state index contributed by atoms with van der Waals surface area (Å²) in [5.74, 6) is -1.39. The number of amides is 1. The molecule has 2 rings (SSSR count). The number of carbonyl (C=O) groups excluding carboxylic acids is 2. The molecule has 2 aromatic carbocycles. The summed E-state index contributed by atoms with van der Waals surface area (Å²) in [7, 11) is -4.09. The number of hydrogen-bond acceptors (Lipinski definition) is 5. The number of rotatable bonds is 8. The lowest BCUT2D eigenvalue weighted by molar-refractivity contribution is -0.119. The lowest BCUT2D eigenvalue weighted by atomic mass is 10.1. The molecule has 0 aliphatic carbocycles. The van der Waals surface area contributed by atoms with Crippen molar-refractivity contribution in [3.63, 3.8) is 0 Å². The number of anilines is 1. The highest BCUT2D eigenvalue weighted by Crippen LogP contribution is 2.22. The first-order valence-electron chi connectivity index (χ1n) is 8.59. The van der Waals surface area contributed by atoms with Crippen LogP contribution in [-0.4, -0.2) is 26.9 Å². The van der Waals surface area contributed by atoms with E-state index in [-0.39, 0.29) is 10.6 Å². The van der Waals surface area contributed by atoms with Crippen molar-refractivity contribution in [2.45, 2.75) is 31.1 Å². The summed E-state index contributed by atoms with van der Waals surface area (Å²) in [5.41, 5.74) is 1.69. The number of unbranched alkanes of at least 4 members (excludes halogenated alkanes) is 1. The Balaban J connectivity index is 1.93. The minimum atomic E-state index is -4.09. The lowest BCUT2D eigenvalue weighted by Crippen LogP contribution is -2.21. The number of primary sulfonamides is 1. The van der Waals surface area contributed by atoms with Crippen LogP contribution in [0.5, 0.6) is 0 Å². The smallest absolute Gasteiger partial charge is 0.338 e. The quantitative estimate of drug-likeness (QED) is 0.631. The molecule has 0 fully saturated rings. The summed E-state index contributed by atoms with van der Waals surface area (Å²) in [6, 6.07) is 10.9. The number of nitrogens with two attached hydrogens (primary N) is 1. The molecule has 0 spiro atoms. The summed E-state index contributed by atoms with van der Waals surface area (Å²) in [4.78, 5) is 23.6. The summed E-state index contributed by atoms with van der Waals surface area (Å²) in [6.07, 6.45) is 3.18. The van der Waals surface area contributed by atoms with Crippen molar-refractivity contribution >= 4 is 39.2 Å². The van der Waals surface area contributed by atoms with Gasteiger partial charge in [0.05, 0.1) is 10.6 Å². The van der Waals surface area contributed by atoms with Crippen molar-refractivity contribution in [3.8, 4) is 0 Å². The van der Waals surface area contributed by atoms with Gasteiger partial charge in [-0.25, -0.2) is 18.4 Å². The van der Waals surface area contributed by atoms with Gasteiger partial charge in [-0.3, -0.25) is 4.79 Å². The number of aryl methyl sites for hydroxylation is 1. The van der Waals surface area contributed by atoms with Gasteiger partial charge in [0.15, 0.2) is 6.61 Å². The molecule has 0 heterocycles. The minimum Gasteiger partial charge on any atom is -0.452 e. The average Bonchev–Trinajstić information content (AvgIpc) is 2.65. The van der Waals surface area contributed by atoms with Crippen LogP contribution in [0.3, 0.4) is 0 Å². The van der Waals surface area contributed by atoms with E-state index in [0.717, 1.165) is 25.3 Å². The third-order valence-corrected chi connectivity index (χ3v) is 5.26. The third kappa shape index (κ3) is 6.33. The van der Waals surface area contributed by atoms with E-state index in [1.165, 1.54) is 17.7 Å². The molecule has 3 N–H and O–H groups in total. The molecule has 0 saturated heterocycles. The number of halogens is 1. The molecule has 0 bridgehead atoms. The summed E-state index contributed by atoms with van der Waals surface area (Å²) < 4.78 is 27.8. The Morgan fingerprint density at radius 1 is 1.14 bits per heavy atom. The highest BCUT2D eigenvalue weighted by molar-refractivity contribution is 7.89. The van der Waals surface area contributed by atoms with Crippen LogP contribution in [0.25, 0.3) is 0 Å². The Morgan fingerprint density at radius 3 is 2.43 bits per heavy atom. The highest BCUT2D eigenvalue weighted by atomic mass is 35.5. The van der Waals surface area contributed by atoms with Crippen molar-refractivity contribution in [1.82, 2.24) is 0 Å². The standard InChI is InChI=1S/C19H21ClN2O5S/c1-2-3-4-13-5-8-15(9-6-13)22-18(23)12-27-19(24)14-7-10-16(20)17(11-14)28(21,25)26/h5-11H,2-4,12H2,1H3,(H,22,23)(H2,21,25,26). The van der Waals surface area contributed by atoms with E-state index in [2.05, 4.69) is 12.2 Å². The van der Waals surface area contributed by atoms with E-state index in [1.807, 2.05) is 12.1 Å². The zero-order chi connectivity index (χ0) is 20.7. The molecule has 0 unspecified atom stereocenters. The SMILES string of the molecule is CCCCc1ccc(NC(=O)COC(=O)c2ccc(Cl)c(S(N)(=O)=O)c2)cc1. The summed E-state index contributed by atoms with van der Waals surface area (Å²) >= 11 is 5.77. The van der Waals surface area contributed by atoms with E-state index in [1.54, 1.807) is 12.1 Å². The maximum atomic E-state index is 12.1. The molecular formula is C19H21ClN2O5S. The van der Waals surface area contributed by atoms with Gasteiger partial charge in [-0.1, -0.05) is 37.1 Å². The van der Waals surface area contributed by atoms with Crippen LogP contribution >= 0.6 is 11.6 Å². The topological polar surface area (TPSA) is 116 Å². The van der Waals surface area contributed by atoms with Crippen LogP contribution < -0.4 is 10.5 Å². The van der Waals surface area contributed by atoms with Crippen molar-refractivity contribution in [3.05, 3.63) is 58.6 Å². The first-order valence-corrected chi connectivity index (χ1v) is 10.5. The van der Waals surface area contributed by atoms with Gasteiger partial charge in [0.2, 0.25) is 10.0 Å². The zero-order valence-electron chi connectivity index (χ0n) is 15.3. The number of nitrogens with one attached hydrogen (secondary N) is 1. The van der Waals surface area contributed by atoms with Crippen molar-refractivity contribution in [1.29, 1.82) is 0 Å². The fourth-order valence-corrected chi connectivity index (χ4v) is 3.47. The maximum Gasteiger partial charge on any atom is 0.338 e. The van der Waals surface area contributed by atoms with Gasteiger partial charge in [0, 0.05) is 5.69 Å². The monoisotopic (exact) mass is 424 g/mol. The summed E-state index contributed by atoms with van der Waals surface area (Å²) in [5, 5.41) is 7.56. The molecular weight excluding hydrogens is 404 g/mol. The molecule has 0 aliphatic heterocycles. The van der Waals surface area contributed by atoms with Crippen molar-refractivity contribution in [2.24, 2.45) is 5.14 Å². The summed E-state index contributed by atoms with van der Waals surface area (Å²) in [6.45, 7) is 1.60. The Bertz CT molecular complexity index is 959. The van der Waals surface area contributed by atoms with E-state index < -0.39 is 33.4 Å². The number of hydrogen-bond donors (Lipinski definition) is 2. The van der Waals surface area contributed by atoms with Crippen LogP contribution in [0, 0.1) is 0 Å². The van der Waals surface area contributed by atoms with Crippen molar-refractivity contribution < 1.29 is 22.7 Å². The molecule has 1 amide bonds. The van der Waals surface area contributed by atoms with Crippen LogP contribution in [0.15, 0.2) is 47.4 Å². The minimum absolute atomic E-state index is 0.0819. The number of esters is 1. The van der Waals surface area contributed by atoms with Gasteiger partial charge in [-0.15, -0.1) is 0 Å². The fraction of sp³-hybridized carbons (Fsp3) is 0.263. The molecule has 0 atom stereocenters. The normalized spacial score (nSPS) is 11.1. The number of ether oxygens (including phenoxy) is 1. The maximum absolute atomic E-state index is 12.1. The van der Waals surface area contributed by atoms with Gasteiger partial charge in [0.1, 0.15) is 4.90 Å². The second kappa shape index (κ2) is 9.68. The third-order valence-electron chi connectivity index (χ3n) is 3.86. The molecule has 0 aliphatic rings. The highest BCUT2D eigenvalue weighted by Gasteiger charge is 2.18. The molecule has 0 aromatic heterocycles. The largest absolute Gasteiger partial charge is 0.452 e. The van der Waals surface area contributed by atoms with E-state index in [0.29, 0.717) is 5.69 Å². The molecule has 0 radical (unpaired) electrons. The zero-order valence-corrected chi connectivity index (χ0v) is 16.8. The number of benzene rings is 2. The Kier molecular flexibility index (Phi) is 7.56. The first kappa shape index (κ1) is 21.9. The number of carbonyl (C=O) groups is 2. The van der Waals surface area contributed by atoms with Gasteiger partial charge in [0.25, 0.3) is 5.91 Å². The van der Waals surface area contributed by atoms with Gasteiger partial charge < -0.3 is 10.1 Å². The predicted octanol–water partition coefficient (Wildman–Crippen LogP) is 3.13. The van der Waals surface area contributed by atoms with E-state index in [9.17, 15) is 18.0 Å². The van der Waals surface area contributed by atoms with Crippen LogP contribution in [-0.2, 0) is 26.0 Å². The first-order chi connectivity index (χ1) is 13.2. The molecule has 28 heavy (non-hydrogen) atoms. The Morgan fingerprint density at radius 2 is 1.82 bits per heavy atom. The predicted molar refractivity (Wildman–Crippen MR) is 107 cm³/mol. The Labute approximate surface area is 168 Å². The molecule has 9 heteroatoms. The Hall–Kier alpha value is -2.42. The van der Waals surface area contributed by atoms with E-state index >= 15 is 0 Å². The van der Waals surface area contributed by atoms with Gasteiger partial charge >= 0.3 is 5.97 Å².